The molecule has 1 fully saturated rings. The number of hydrogen-bond acceptors (Lipinski definition) is 2. The van der Waals surface area contributed by atoms with E-state index in [9.17, 15) is 8.78 Å². The zero-order chi connectivity index (χ0) is 11.9. The Hall–Kier alpha value is -1.16. The first kappa shape index (κ1) is 11.0. The van der Waals surface area contributed by atoms with Crippen molar-refractivity contribution in [1.82, 2.24) is 5.32 Å². The Morgan fingerprint density at radius 2 is 2.18 bits per heavy atom. The molecule has 4 heteroatoms. The first-order chi connectivity index (χ1) is 8.15. The van der Waals surface area contributed by atoms with Crippen molar-refractivity contribution in [2.24, 2.45) is 5.92 Å². The van der Waals surface area contributed by atoms with Gasteiger partial charge in [0.25, 0.3) is 5.92 Å². The number of ether oxygens (including phenoxy) is 1. The first-order valence-corrected chi connectivity index (χ1v) is 5.98. The molecule has 0 amide bonds. The molecular weight excluding hydrogens is 224 g/mol. The quantitative estimate of drug-likeness (QED) is 0.874. The van der Waals surface area contributed by atoms with Gasteiger partial charge < -0.3 is 10.1 Å². The molecule has 0 unspecified atom stereocenters. The molecule has 1 atom stereocenters. The van der Waals surface area contributed by atoms with Crippen LogP contribution in [0.4, 0.5) is 8.78 Å². The summed E-state index contributed by atoms with van der Waals surface area (Å²) in [6.07, 6.45) is 0.952. The number of rotatable bonds is 3. The molecular formula is C13H15F2NO. The molecule has 2 aliphatic rings. The molecule has 92 valence electrons. The minimum Gasteiger partial charge on any atom is -0.493 e. The molecule has 1 aromatic carbocycles. The standard InChI is InChI=1S/C13H15F2NO/c14-13(15)6-11(13)8-17-12-2-1-10-7-16-4-3-9(10)5-12/h1-2,5,11,16H,3-4,6-8H2/t11-/m1/s1. The van der Waals surface area contributed by atoms with E-state index in [1.165, 1.54) is 11.1 Å². The number of halogens is 2. The molecule has 1 saturated carbocycles. The molecule has 0 spiro atoms. The number of fused-ring (bicyclic) bond motifs is 1. The van der Waals surface area contributed by atoms with Crippen molar-refractivity contribution in [3.63, 3.8) is 0 Å². The molecule has 0 radical (unpaired) electrons. The van der Waals surface area contributed by atoms with E-state index < -0.39 is 11.8 Å². The maximum atomic E-state index is 12.7. The number of hydrogen-bond donors (Lipinski definition) is 1. The SMILES string of the molecule is FC1(F)C[C@@H]1COc1ccc2c(c1)CCNC2. The lowest BCUT2D eigenvalue weighted by molar-refractivity contribution is 0.0856. The zero-order valence-electron chi connectivity index (χ0n) is 9.51. The second-order valence-corrected chi connectivity index (χ2v) is 4.83. The van der Waals surface area contributed by atoms with Crippen molar-refractivity contribution in [3.8, 4) is 5.75 Å². The Bertz CT molecular complexity index is 433. The number of alkyl halides is 2. The summed E-state index contributed by atoms with van der Waals surface area (Å²) < 4.78 is 30.8. The van der Waals surface area contributed by atoms with E-state index in [0.717, 1.165) is 19.5 Å². The number of benzene rings is 1. The van der Waals surface area contributed by atoms with Crippen LogP contribution < -0.4 is 10.1 Å². The summed E-state index contributed by atoms with van der Waals surface area (Å²) in [5.41, 5.74) is 2.55. The molecule has 0 aromatic heterocycles. The van der Waals surface area contributed by atoms with Gasteiger partial charge in [-0.15, -0.1) is 0 Å². The lowest BCUT2D eigenvalue weighted by atomic mass is 10.0. The van der Waals surface area contributed by atoms with E-state index in [0.29, 0.717) is 5.75 Å². The average Bonchev–Trinajstić information content (AvgIpc) is 2.94. The fourth-order valence-corrected chi connectivity index (χ4v) is 2.19. The maximum Gasteiger partial charge on any atom is 0.255 e. The molecule has 1 aliphatic carbocycles. The van der Waals surface area contributed by atoms with Crippen LogP contribution in [0.25, 0.3) is 0 Å². The zero-order valence-corrected chi connectivity index (χ0v) is 9.51. The molecule has 0 saturated heterocycles. The summed E-state index contributed by atoms with van der Waals surface area (Å²) in [5, 5.41) is 3.29. The van der Waals surface area contributed by atoms with Crippen molar-refractivity contribution in [2.45, 2.75) is 25.3 Å². The van der Waals surface area contributed by atoms with Crippen LogP contribution in [0.5, 0.6) is 5.75 Å². The fraction of sp³-hybridized carbons (Fsp3) is 0.538. The summed E-state index contributed by atoms with van der Waals surface area (Å²) >= 11 is 0. The largest absolute Gasteiger partial charge is 0.493 e. The minimum atomic E-state index is -2.49. The van der Waals surface area contributed by atoms with Gasteiger partial charge in [0, 0.05) is 13.0 Å². The van der Waals surface area contributed by atoms with Crippen molar-refractivity contribution in [1.29, 1.82) is 0 Å². The molecule has 1 N–H and O–H groups in total. The van der Waals surface area contributed by atoms with Gasteiger partial charge in [0.2, 0.25) is 0 Å². The number of nitrogens with one attached hydrogen (secondary N) is 1. The van der Waals surface area contributed by atoms with E-state index in [2.05, 4.69) is 5.32 Å². The molecule has 2 nitrogen and oxygen atoms in total. The molecule has 1 aliphatic heterocycles. The Labute approximate surface area is 99.0 Å². The Balaban J connectivity index is 1.64. The third kappa shape index (κ3) is 2.27. The van der Waals surface area contributed by atoms with Crippen molar-refractivity contribution >= 4 is 0 Å². The highest BCUT2D eigenvalue weighted by atomic mass is 19.3. The molecule has 1 aromatic rings. The van der Waals surface area contributed by atoms with Crippen LogP contribution in [0, 0.1) is 5.92 Å². The van der Waals surface area contributed by atoms with Crippen LogP contribution in [0.2, 0.25) is 0 Å². The van der Waals surface area contributed by atoms with Gasteiger partial charge in [-0.25, -0.2) is 8.78 Å². The second kappa shape index (κ2) is 3.95. The van der Waals surface area contributed by atoms with Crippen LogP contribution in [-0.2, 0) is 13.0 Å². The van der Waals surface area contributed by atoms with E-state index in [4.69, 9.17) is 4.74 Å². The summed E-state index contributed by atoms with van der Waals surface area (Å²) in [4.78, 5) is 0. The molecule has 1 heterocycles. The summed E-state index contributed by atoms with van der Waals surface area (Å²) in [5.74, 6) is -2.36. The van der Waals surface area contributed by atoms with E-state index in [-0.39, 0.29) is 13.0 Å². The van der Waals surface area contributed by atoms with Crippen LogP contribution >= 0.6 is 0 Å². The highest BCUT2D eigenvalue weighted by Crippen LogP contribution is 2.48. The van der Waals surface area contributed by atoms with E-state index in [1.807, 2.05) is 18.2 Å². The Kier molecular flexibility index (Phi) is 2.54. The third-order valence-corrected chi connectivity index (χ3v) is 3.47. The minimum absolute atomic E-state index is 0.0259. The predicted molar refractivity (Wildman–Crippen MR) is 60.4 cm³/mol. The Morgan fingerprint density at radius 3 is 2.94 bits per heavy atom. The summed E-state index contributed by atoms with van der Waals surface area (Å²) in [7, 11) is 0. The van der Waals surface area contributed by atoms with Crippen LogP contribution in [0.3, 0.4) is 0 Å². The van der Waals surface area contributed by atoms with Gasteiger partial charge >= 0.3 is 0 Å². The molecule has 3 rings (SSSR count). The van der Waals surface area contributed by atoms with Gasteiger partial charge in [-0.3, -0.25) is 0 Å². The first-order valence-electron chi connectivity index (χ1n) is 5.98. The van der Waals surface area contributed by atoms with Crippen LogP contribution in [-0.4, -0.2) is 19.1 Å². The van der Waals surface area contributed by atoms with Gasteiger partial charge in [0.05, 0.1) is 12.5 Å². The normalized spacial score (nSPS) is 25.2. The predicted octanol–water partition coefficient (Wildman–Crippen LogP) is 2.37. The maximum absolute atomic E-state index is 12.7. The third-order valence-electron chi connectivity index (χ3n) is 3.47. The van der Waals surface area contributed by atoms with E-state index >= 15 is 0 Å². The lowest BCUT2D eigenvalue weighted by Crippen LogP contribution is -2.23. The Morgan fingerprint density at radius 1 is 1.35 bits per heavy atom. The topological polar surface area (TPSA) is 21.3 Å². The summed E-state index contributed by atoms with van der Waals surface area (Å²) in [6, 6.07) is 5.87. The average molecular weight is 239 g/mol. The van der Waals surface area contributed by atoms with Crippen LogP contribution in [0.1, 0.15) is 17.5 Å². The van der Waals surface area contributed by atoms with Gasteiger partial charge in [-0.1, -0.05) is 6.07 Å². The van der Waals surface area contributed by atoms with Crippen molar-refractivity contribution in [3.05, 3.63) is 29.3 Å². The fourth-order valence-electron chi connectivity index (χ4n) is 2.19. The van der Waals surface area contributed by atoms with Gasteiger partial charge in [0.15, 0.2) is 0 Å². The summed E-state index contributed by atoms with van der Waals surface area (Å²) in [6.45, 7) is 1.98. The monoisotopic (exact) mass is 239 g/mol. The highest BCUT2D eigenvalue weighted by Gasteiger charge is 2.57. The molecule has 17 heavy (non-hydrogen) atoms. The smallest absolute Gasteiger partial charge is 0.255 e. The van der Waals surface area contributed by atoms with Gasteiger partial charge in [-0.05, 0) is 36.2 Å². The van der Waals surface area contributed by atoms with Crippen molar-refractivity contribution in [2.75, 3.05) is 13.2 Å². The van der Waals surface area contributed by atoms with Gasteiger partial charge in [-0.2, -0.15) is 0 Å². The van der Waals surface area contributed by atoms with Gasteiger partial charge in [0.1, 0.15) is 5.75 Å². The van der Waals surface area contributed by atoms with Crippen LogP contribution in [0.15, 0.2) is 18.2 Å². The van der Waals surface area contributed by atoms with E-state index in [1.54, 1.807) is 0 Å². The molecule has 0 bridgehead atoms. The highest BCUT2D eigenvalue weighted by molar-refractivity contribution is 5.37. The second-order valence-electron chi connectivity index (χ2n) is 4.83. The van der Waals surface area contributed by atoms with Crippen molar-refractivity contribution < 1.29 is 13.5 Å². The lowest BCUT2D eigenvalue weighted by Gasteiger charge is -2.18.